The van der Waals surface area contributed by atoms with Crippen molar-refractivity contribution < 1.29 is 4.74 Å². The zero-order chi connectivity index (χ0) is 12.6. The van der Waals surface area contributed by atoms with E-state index in [1.54, 1.807) is 0 Å². The summed E-state index contributed by atoms with van der Waals surface area (Å²) in [6, 6.07) is 10.8. The number of hydrogen-bond acceptors (Lipinski definition) is 3. The molecule has 1 aliphatic heterocycles. The Bertz CT molecular complexity index is 332. The number of piperazine rings is 1. The van der Waals surface area contributed by atoms with Crippen molar-refractivity contribution in [2.45, 2.75) is 25.8 Å². The van der Waals surface area contributed by atoms with E-state index in [-0.39, 0.29) is 12.4 Å². The van der Waals surface area contributed by atoms with E-state index in [0.717, 1.165) is 38.5 Å². The van der Waals surface area contributed by atoms with E-state index in [0.29, 0.717) is 6.04 Å². The second kappa shape index (κ2) is 9.18. The Hall–Kier alpha value is -0.770. The van der Waals surface area contributed by atoms with E-state index < -0.39 is 0 Å². The fourth-order valence-corrected chi connectivity index (χ4v) is 2.51. The highest BCUT2D eigenvalue weighted by Crippen LogP contribution is 2.11. The molecule has 0 radical (unpaired) electrons. The molecule has 1 saturated heterocycles. The third kappa shape index (κ3) is 5.39. The minimum Gasteiger partial charge on any atom is -0.492 e. The van der Waals surface area contributed by atoms with Crippen LogP contribution in [0.4, 0.5) is 0 Å². The molecule has 19 heavy (non-hydrogen) atoms. The highest BCUT2D eigenvalue weighted by molar-refractivity contribution is 5.85. The van der Waals surface area contributed by atoms with Crippen LogP contribution >= 0.6 is 12.4 Å². The van der Waals surface area contributed by atoms with Crippen molar-refractivity contribution >= 4 is 12.4 Å². The molecular weight excluding hydrogens is 260 g/mol. The second-order valence-corrected chi connectivity index (χ2v) is 4.84. The average Bonchev–Trinajstić information content (AvgIpc) is 2.42. The molecule has 2 rings (SSSR count). The first kappa shape index (κ1) is 16.3. The Morgan fingerprint density at radius 2 is 2.11 bits per heavy atom. The van der Waals surface area contributed by atoms with Crippen LogP contribution in [-0.2, 0) is 0 Å². The van der Waals surface area contributed by atoms with Gasteiger partial charge in [0.05, 0.1) is 0 Å². The number of nitrogens with one attached hydrogen (secondary N) is 1. The smallest absolute Gasteiger partial charge is 0.119 e. The van der Waals surface area contributed by atoms with Crippen LogP contribution < -0.4 is 10.1 Å². The van der Waals surface area contributed by atoms with Crippen molar-refractivity contribution in [3.8, 4) is 5.75 Å². The van der Waals surface area contributed by atoms with E-state index >= 15 is 0 Å². The first-order chi connectivity index (χ1) is 8.90. The maximum absolute atomic E-state index is 5.77. The molecule has 1 aliphatic rings. The van der Waals surface area contributed by atoms with Crippen LogP contribution in [0.25, 0.3) is 0 Å². The van der Waals surface area contributed by atoms with Crippen molar-refractivity contribution in [1.82, 2.24) is 10.2 Å². The largest absolute Gasteiger partial charge is 0.492 e. The Labute approximate surface area is 122 Å². The van der Waals surface area contributed by atoms with Crippen molar-refractivity contribution in [2.75, 3.05) is 32.8 Å². The first-order valence-corrected chi connectivity index (χ1v) is 7.02. The summed E-state index contributed by atoms with van der Waals surface area (Å²) in [4.78, 5) is 2.56. The lowest BCUT2D eigenvalue weighted by atomic mass is 10.1. The maximum atomic E-state index is 5.77. The van der Waals surface area contributed by atoms with Gasteiger partial charge in [0, 0.05) is 32.2 Å². The summed E-state index contributed by atoms with van der Waals surface area (Å²) in [6.45, 7) is 7.44. The predicted molar refractivity (Wildman–Crippen MR) is 82.3 cm³/mol. The fraction of sp³-hybridized carbons (Fsp3) is 0.600. The van der Waals surface area contributed by atoms with Gasteiger partial charge in [-0.25, -0.2) is 0 Å². The minimum atomic E-state index is 0. The molecule has 0 bridgehead atoms. The molecule has 4 heteroatoms. The van der Waals surface area contributed by atoms with Crippen molar-refractivity contribution in [1.29, 1.82) is 0 Å². The molecule has 1 unspecified atom stereocenters. The van der Waals surface area contributed by atoms with Crippen molar-refractivity contribution in [3.05, 3.63) is 30.3 Å². The number of nitrogens with zero attached hydrogens (tertiary/aromatic N) is 1. The number of hydrogen-bond donors (Lipinski definition) is 1. The molecule has 0 spiro atoms. The average molecular weight is 285 g/mol. The van der Waals surface area contributed by atoms with Gasteiger partial charge in [-0.15, -0.1) is 12.4 Å². The molecular formula is C15H25ClN2O. The van der Waals surface area contributed by atoms with E-state index in [9.17, 15) is 0 Å². The van der Waals surface area contributed by atoms with Crippen LogP contribution in [0.15, 0.2) is 30.3 Å². The van der Waals surface area contributed by atoms with Gasteiger partial charge in [0.1, 0.15) is 12.4 Å². The number of benzene rings is 1. The van der Waals surface area contributed by atoms with Crippen LogP contribution in [-0.4, -0.2) is 43.7 Å². The second-order valence-electron chi connectivity index (χ2n) is 4.84. The van der Waals surface area contributed by atoms with Gasteiger partial charge in [-0.1, -0.05) is 31.5 Å². The molecule has 3 nitrogen and oxygen atoms in total. The third-order valence-electron chi connectivity index (χ3n) is 3.48. The normalized spacial score (nSPS) is 19.7. The van der Waals surface area contributed by atoms with Gasteiger partial charge in [-0.3, -0.25) is 4.90 Å². The Morgan fingerprint density at radius 3 is 2.84 bits per heavy atom. The summed E-state index contributed by atoms with van der Waals surface area (Å²) >= 11 is 0. The Balaban J connectivity index is 0.00000180. The van der Waals surface area contributed by atoms with Gasteiger partial charge in [0.15, 0.2) is 0 Å². The molecule has 1 fully saturated rings. The molecule has 1 aromatic rings. The van der Waals surface area contributed by atoms with Crippen LogP contribution in [0.5, 0.6) is 5.75 Å². The number of ether oxygens (including phenoxy) is 1. The lowest BCUT2D eigenvalue weighted by Crippen LogP contribution is -2.52. The van der Waals surface area contributed by atoms with Crippen molar-refractivity contribution in [2.24, 2.45) is 0 Å². The van der Waals surface area contributed by atoms with Gasteiger partial charge in [-0.2, -0.15) is 0 Å². The SMILES string of the molecule is CCCC1CNCCN1CCOc1ccccc1.Cl. The lowest BCUT2D eigenvalue weighted by molar-refractivity contribution is 0.127. The van der Waals surface area contributed by atoms with Crippen LogP contribution in [0.3, 0.4) is 0 Å². The summed E-state index contributed by atoms with van der Waals surface area (Å²) in [5.74, 6) is 0.972. The molecule has 1 N–H and O–H groups in total. The van der Waals surface area contributed by atoms with E-state index in [1.807, 2.05) is 30.3 Å². The quantitative estimate of drug-likeness (QED) is 0.869. The molecule has 1 heterocycles. The predicted octanol–water partition coefficient (Wildman–Crippen LogP) is 2.56. The Morgan fingerprint density at radius 1 is 1.32 bits per heavy atom. The summed E-state index contributed by atoms with van der Waals surface area (Å²) in [5, 5.41) is 3.48. The number of para-hydroxylation sites is 1. The molecule has 0 saturated carbocycles. The molecule has 0 aromatic heterocycles. The zero-order valence-electron chi connectivity index (χ0n) is 11.7. The van der Waals surface area contributed by atoms with Gasteiger partial charge in [0.2, 0.25) is 0 Å². The summed E-state index contributed by atoms with van der Waals surface area (Å²) in [7, 11) is 0. The van der Waals surface area contributed by atoms with Gasteiger partial charge >= 0.3 is 0 Å². The van der Waals surface area contributed by atoms with E-state index in [4.69, 9.17) is 4.74 Å². The van der Waals surface area contributed by atoms with E-state index in [2.05, 4.69) is 17.1 Å². The summed E-state index contributed by atoms with van der Waals surface area (Å²) in [6.07, 6.45) is 2.53. The van der Waals surface area contributed by atoms with Gasteiger partial charge < -0.3 is 10.1 Å². The van der Waals surface area contributed by atoms with Crippen LogP contribution in [0.2, 0.25) is 0 Å². The molecule has 0 amide bonds. The number of halogens is 1. The van der Waals surface area contributed by atoms with Crippen LogP contribution in [0, 0.1) is 0 Å². The minimum absolute atomic E-state index is 0. The molecule has 1 aromatic carbocycles. The molecule has 108 valence electrons. The highest BCUT2D eigenvalue weighted by atomic mass is 35.5. The molecule has 1 atom stereocenters. The van der Waals surface area contributed by atoms with Crippen LogP contribution in [0.1, 0.15) is 19.8 Å². The highest BCUT2D eigenvalue weighted by Gasteiger charge is 2.20. The van der Waals surface area contributed by atoms with Gasteiger partial charge in [0.25, 0.3) is 0 Å². The fourth-order valence-electron chi connectivity index (χ4n) is 2.51. The lowest BCUT2D eigenvalue weighted by Gasteiger charge is -2.36. The topological polar surface area (TPSA) is 24.5 Å². The Kier molecular flexibility index (Phi) is 7.87. The summed E-state index contributed by atoms with van der Waals surface area (Å²) in [5.41, 5.74) is 0. The standard InChI is InChI=1S/C15H24N2O.ClH/c1-2-6-14-13-16-9-10-17(14)11-12-18-15-7-4-3-5-8-15;/h3-5,7-8,14,16H,2,6,9-13H2,1H3;1H. The third-order valence-corrected chi connectivity index (χ3v) is 3.48. The zero-order valence-corrected chi connectivity index (χ0v) is 12.5. The monoisotopic (exact) mass is 284 g/mol. The van der Waals surface area contributed by atoms with Crippen molar-refractivity contribution in [3.63, 3.8) is 0 Å². The van der Waals surface area contributed by atoms with Gasteiger partial charge in [-0.05, 0) is 18.6 Å². The maximum Gasteiger partial charge on any atom is 0.119 e. The van der Waals surface area contributed by atoms with E-state index in [1.165, 1.54) is 12.8 Å². The molecule has 0 aliphatic carbocycles. The number of rotatable bonds is 6. The summed E-state index contributed by atoms with van der Waals surface area (Å²) < 4.78 is 5.77. The first-order valence-electron chi connectivity index (χ1n) is 7.02.